The van der Waals surface area contributed by atoms with Gasteiger partial charge in [-0.3, -0.25) is 9.59 Å². The van der Waals surface area contributed by atoms with Crippen molar-refractivity contribution in [3.63, 3.8) is 0 Å². The zero-order valence-electron chi connectivity index (χ0n) is 11.1. The Bertz CT molecular complexity index is 392. The number of aliphatic hydroxyl groups excluding tert-OH is 1. The summed E-state index contributed by atoms with van der Waals surface area (Å²) in [5.74, 6) is -0.520. The summed E-state index contributed by atoms with van der Waals surface area (Å²) in [4.78, 5) is 22.4. The molecule has 4 nitrogen and oxygen atoms in total. The van der Waals surface area contributed by atoms with Crippen molar-refractivity contribution in [2.24, 2.45) is 0 Å². The lowest BCUT2D eigenvalue weighted by molar-refractivity contribution is -0.129. The summed E-state index contributed by atoms with van der Waals surface area (Å²) in [5.41, 5.74) is 0.880. The number of hydrogen-bond acceptors (Lipinski definition) is 3. The third kappa shape index (κ3) is 5.66. The minimum Gasteiger partial charge on any atom is -0.383 e. The smallest absolute Gasteiger partial charge is 0.249 e. The van der Waals surface area contributed by atoms with E-state index in [1.807, 2.05) is 37.3 Å². The van der Waals surface area contributed by atoms with E-state index < -0.39 is 18.1 Å². The van der Waals surface area contributed by atoms with Crippen molar-refractivity contribution in [2.75, 3.05) is 0 Å². The summed E-state index contributed by atoms with van der Waals surface area (Å²) >= 11 is 0. The molecule has 1 radical (unpaired) electrons. The summed E-state index contributed by atoms with van der Waals surface area (Å²) in [7, 11) is 0. The van der Waals surface area contributed by atoms with Crippen LogP contribution >= 0.6 is 0 Å². The molecule has 4 heteroatoms. The maximum Gasteiger partial charge on any atom is 0.249 e. The highest BCUT2D eigenvalue weighted by atomic mass is 16.3. The summed E-state index contributed by atoms with van der Waals surface area (Å²) in [6, 6.07) is 8.64. The van der Waals surface area contributed by atoms with Gasteiger partial charge in [0.05, 0.1) is 6.04 Å². The minimum atomic E-state index is -1.14. The Balaban J connectivity index is 2.45. The molecule has 19 heavy (non-hydrogen) atoms. The predicted molar refractivity (Wildman–Crippen MR) is 73.3 cm³/mol. The summed E-state index contributed by atoms with van der Waals surface area (Å²) in [5, 5.41) is 12.3. The van der Waals surface area contributed by atoms with E-state index in [9.17, 15) is 14.7 Å². The molecule has 1 aromatic rings. The number of amides is 1. The van der Waals surface area contributed by atoms with E-state index in [0.717, 1.165) is 18.4 Å². The Morgan fingerprint density at radius 3 is 2.63 bits per heavy atom. The fourth-order valence-electron chi connectivity index (χ4n) is 1.77. The number of unbranched alkanes of at least 4 members (excludes halogenated alkanes) is 1. The topological polar surface area (TPSA) is 66.4 Å². The molecule has 0 heterocycles. The Hall–Kier alpha value is -1.68. The van der Waals surface area contributed by atoms with Crippen molar-refractivity contribution in [1.82, 2.24) is 5.32 Å². The SMILES string of the molecule is CCCCC([C]=O)NC(=O)C(O)Cc1ccccc1. The van der Waals surface area contributed by atoms with Crippen LogP contribution in [0.25, 0.3) is 0 Å². The van der Waals surface area contributed by atoms with Gasteiger partial charge in [-0.2, -0.15) is 0 Å². The lowest BCUT2D eigenvalue weighted by atomic mass is 10.1. The second-order valence-electron chi connectivity index (χ2n) is 4.53. The van der Waals surface area contributed by atoms with Crippen molar-refractivity contribution < 1.29 is 14.7 Å². The molecule has 0 fully saturated rings. The number of carbonyl (C=O) groups is 1. The molecule has 0 saturated carbocycles. The first-order valence-electron chi connectivity index (χ1n) is 6.57. The molecule has 103 valence electrons. The first kappa shape index (κ1) is 15.4. The Morgan fingerprint density at radius 1 is 1.37 bits per heavy atom. The van der Waals surface area contributed by atoms with Crippen LogP contribution < -0.4 is 5.32 Å². The van der Waals surface area contributed by atoms with Gasteiger partial charge in [0.25, 0.3) is 0 Å². The predicted octanol–water partition coefficient (Wildman–Crippen LogP) is 1.37. The third-order valence-corrected chi connectivity index (χ3v) is 2.88. The number of nitrogens with one attached hydrogen (secondary N) is 1. The van der Waals surface area contributed by atoms with E-state index >= 15 is 0 Å². The lowest BCUT2D eigenvalue weighted by Gasteiger charge is -2.15. The van der Waals surface area contributed by atoms with Gasteiger partial charge in [-0.15, -0.1) is 0 Å². The van der Waals surface area contributed by atoms with Crippen molar-refractivity contribution in [1.29, 1.82) is 0 Å². The average molecular weight is 262 g/mol. The molecule has 0 aliphatic rings. The van der Waals surface area contributed by atoms with E-state index in [1.54, 1.807) is 6.29 Å². The van der Waals surface area contributed by atoms with E-state index in [0.29, 0.717) is 6.42 Å². The zero-order valence-corrected chi connectivity index (χ0v) is 11.1. The number of hydrogen-bond donors (Lipinski definition) is 2. The summed E-state index contributed by atoms with van der Waals surface area (Å²) in [6.07, 6.45) is 3.24. The van der Waals surface area contributed by atoms with Gasteiger partial charge in [0, 0.05) is 6.42 Å². The van der Waals surface area contributed by atoms with E-state index in [2.05, 4.69) is 5.32 Å². The Morgan fingerprint density at radius 2 is 2.05 bits per heavy atom. The molecule has 2 N–H and O–H groups in total. The van der Waals surface area contributed by atoms with Crippen LogP contribution in [0.2, 0.25) is 0 Å². The molecule has 2 atom stereocenters. The first-order valence-corrected chi connectivity index (χ1v) is 6.57. The molecule has 1 amide bonds. The molecule has 1 aromatic carbocycles. The maximum absolute atomic E-state index is 11.7. The fraction of sp³-hybridized carbons (Fsp3) is 0.467. The highest BCUT2D eigenvalue weighted by molar-refractivity contribution is 5.83. The monoisotopic (exact) mass is 262 g/mol. The van der Waals surface area contributed by atoms with Gasteiger partial charge < -0.3 is 10.4 Å². The second kappa shape index (κ2) is 8.43. The molecule has 1 rings (SSSR count). The molecule has 0 saturated heterocycles. The second-order valence-corrected chi connectivity index (χ2v) is 4.53. The third-order valence-electron chi connectivity index (χ3n) is 2.88. The summed E-state index contributed by atoms with van der Waals surface area (Å²) < 4.78 is 0. The minimum absolute atomic E-state index is 0.242. The molecule has 0 bridgehead atoms. The summed E-state index contributed by atoms with van der Waals surface area (Å²) in [6.45, 7) is 2.01. The van der Waals surface area contributed by atoms with Crippen LogP contribution in [0.4, 0.5) is 0 Å². The van der Waals surface area contributed by atoms with Crippen LogP contribution in [0.15, 0.2) is 30.3 Å². The highest BCUT2D eigenvalue weighted by Crippen LogP contribution is 2.04. The number of aliphatic hydroxyl groups is 1. The van der Waals surface area contributed by atoms with Crippen LogP contribution in [0, 0.1) is 0 Å². The quantitative estimate of drug-likeness (QED) is 0.743. The van der Waals surface area contributed by atoms with Crippen molar-refractivity contribution >= 4 is 12.2 Å². The van der Waals surface area contributed by atoms with Crippen LogP contribution in [-0.2, 0) is 16.0 Å². The maximum atomic E-state index is 11.7. The lowest BCUT2D eigenvalue weighted by Crippen LogP contribution is -2.43. The first-order chi connectivity index (χ1) is 9.17. The molecular weight excluding hydrogens is 242 g/mol. The number of benzene rings is 1. The van der Waals surface area contributed by atoms with Gasteiger partial charge >= 0.3 is 0 Å². The Labute approximate surface area is 113 Å². The van der Waals surface area contributed by atoms with Gasteiger partial charge in [0.2, 0.25) is 12.2 Å². The van der Waals surface area contributed by atoms with E-state index in [1.165, 1.54) is 0 Å². The van der Waals surface area contributed by atoms with E-state index in [-0.39, 0.29) is 6.42 Å². The largest absolute Gasteiger partial charge is 0.383 e. The highest BCUT2D eigenvalue weighted by Gasteiger charge is 2.19. The van der Waals surface area contributed by atoms with Gasteiger partial charge in [-0.1, -0.05) is 50.1 Å². The number of rotatable bonds is 8. The van der Waals surface area contributed by atoms with Crippen LogP contribution in [-0.4, -0.2) is 29.4 Å². The zero-order chi connectivity index (χ0) is 14.1. The van der Waals surface area contributed by atoms with Gasteiger partial charge in [0.1, 0.15) is 6.10 Å². The standard InChI is InChI=1S/C15H20NO3/c1-2-3-9-13(11-17)16-15(19)14(18)10-12-7-5-4-6-8-12/h4-8,13-14,18H,2-3,9-10H2,1H3,(H,16,19). The van der Waals surface area contributed by atoms with Crippen molar-refractivity contribution in [2.45, 2.75) is 44.8 Å². The van der Waals surface area contributed by atoms with E-state index in [4.69, 9.17) is 0 Å². The van der Waals surface area contributed by atoms with Crippen molar-refractivity contribution in [3.05, 3.63) is 35.9 Å². The molecular formula is C15H20NO3. The molecule has 2 unspecified atom stereocenters. The van der Waals surface area contributed by atoms with Crippen LogP contribution in [0.1, 0.15) is 31.7 Å². The van der Waals surface area contributed by atoms with Gasteiger partial charge in [-0.25, -0.2) is 0 Å². The van der Waals surface area contributed by atoms with Crippen LogP contribution in [0.3, 0.4) is 0 Å². The molecule has 0 aliphatic carbocycles. The normalized spacial score (nSPS) is 13.6. The van der Waals surface area contributed by atoms with Crippen molar-refractivity contribution in [3.8, 4) is 0 Å². The fourth-order valence-corrected chi connectivity index (χ4v) is 1.77. The molecule has 0 aliphatic heterocycles. The number of carbonyl (C=O) groups excluding carboxylic acids is 2. The molecule has 0 aromatic heterocycles. The van der Waals surface area contributed by atoms with Gasteiger partial charge in [0.15, 0.2) is 0 Å². The average Bonchev–Trinajstić information content (AvgIpc) is 2.44. The van der Waals surface area contributed by atoms with Crippen LogP contribution in [0.5, 0.6) is 0 Å². The molecule has 0 spiro atoms. The van der Waals surface area contributed by atoms with Gasteiger partial charge in [-0.05, 0) is 12.0 Å². The Kier molecular flexibility index (Phi) is 6.82.